The van der Waals surface area contributed by atoms with E-state index in [1.165, 1.54) is 36.9 Å². The monoisotopic (exact) mass is 447 g/mol. The molecule has 0 bridgehead atoms. The zero-order valence-corrected chi connectivity index (χ0v) is 16.9. The number of phenolic OH excluding ortho intramolecular Hbond substituents is 1. The molecule has 1 atom stereocenters. The van der Waals surface area contributed by atoms with Gasteiger partial charge in [-0.05, 0) is 42.8 Å². The Morgan fingerprint density at radius 3 is 2.58 bits per heavy atom. The molecule has 160 valence electrons. The van der Waals surface area contributed by atoms with Crippen LogP contribution in [-0.4, -0.2) is 15.9 Å². The van der Waals surface area contributed by atoms with Gasteiger partial charge in [-0.1, -0.05) is 12.1 Å². The highest BCUT2D eigenvalue weighted by atomic mass is 32.2. The van der Waals surface area contributed by atoms with E-state index >= 15 is 0 Å². The van der Waals surface area contributed by atoms with Crippen molar-refractivity contribution >= 4 is 23.2 Å². The molecule has 0 saturated carbocycles. The fourth-order valence-electron chi connectivity index (χ4n) is 3.37. The van der Waals surface area contributed by atoms with E-state index in [4.69, 9.17) is 4.42 Å². The first-order valence-corrected chi connectivity index (χ1v) is 10.1. The predicted octanol–water partition coefficient (Wildman–Crippen LogP) is 5.74. The van der Waals surface area contributed by atoms with Crippen molar-refractivity contribution in [3.8, 4) is 11.5 Å². The first-order valence-electron chi connectivity index (χ1n) is 9.20. The molecule has 0 saturated heterocycles. The molecule has 0 amide bonds. The van der Waals surface area contributed by atoms with Gasteiger partial charge < -0.3 is 14.6 Å². The lowest BCUT2D eigenvalue weighted by Crippen LogP contribution is -2.17. The number of hydrogen-bond acceptors (Lipinski definition) is 6. The lowest BCUT2D eigenvalue weighted by atomic mass is 10.0. The summed E-state index contributed by atoms with van der Waals surface area (Å²) >= 11 is 1.26. The molecule has 1 aliphatic rings. The maximum atomic E-state index is 13.3. The summed E-state index contributed by atoms with van der Waals surface area (Å²) in [4.78, 5) is 17.3. The molecule has 5 nitrogen and oxygen atoms in total. The second-order valence-electron chi connectivity index (χ2n) is 7.05. The lowest BCUT2D eigenvalue weighted by molar-refractivity contribution is -0.137. The minimum atomic E-state index is -4.56. The summed E-state index contributed by atoms with van der Waals surface area (Å²) in [5, 5.41) is 19.9. The van der Waals surface area contributed by atoms with Crippen LogP contribution in [0.25, 0.3) is 0 Å². The van der Waals surface area contributed by atoms with E-state index in [2.05, 4.69) is 4.99 Å². The van der Waals surface area contributed by atoms with Crippen molar-refractivity contribution in [3.63, 3.8) is 0 Å². The predicted molar refractivity (Wildman–Crippen MR) is 110 cm³/mol. The number of hydrogen-bond donors (Lipinski definition) is 2. The van der Waals surface area contributed by atoms with Gasteiger partial charge in [0.2, 0.25) is 0 Å². The molecule has 2 aromatic carbocycles. The van der Waals surface area contributed by atoms with Gasteiger partial charge in [0.05, 0.1) is 17.0 Å². The van der Waals surface area contributed by atoms with Gasteiger partial charge >= 0.3 is 11.8 Å². The Hall–Kier alpha value is -3.20. The average molecular weight is 447 g/mol. The van der Waals surface area contributed by atoms with E-state index in [1.807, 2.05) is 0 Å². The van der Waals surface area contributed by atoms with Crippen LogP contribution in [0.4, 0.5) is 18.9 Å². The van der Waals surface area contributed by atoms with Crippen molar-refractivity contribution in [3.05, 3.63) is 81.4 Å². The molecule has 0 aliphatic carbocycles. The number of phenols is 1. The van der Waals surface area contributed by atoms with E-state index < -0.39 is 17.4 Å². The summed E-state index contributed by atoms with van der Waals surface area (Å²) in [6.45, 7) is 1.50. The molecule has 9 heteroatoms. The van der Waals surface area contributed by atoms with Crippen LogP contribution in [0, 0.1) is 6.92 Å². The fourth-order valence-corrected chi connectivity index (χ4v) is 4.58. The first kappa shape index (κ1) is 21.0. The fraction of sp³-hybridized carbons (Fsp3) is 0.182. The van der Waals surface area contributed by atoms with Gasteiger partial charge in [0.1, 0.15) is 22.8 Å². The molecule has 4 rings (SSSR count). The topological polar surface area (TPSA) is 83.0 Å². The number of rotatable bonds is 2. The highest BCUT2D eigenvalue weighted by Gasteiger charge is 2.33. The zero-order valence-electron chi connectivity index (χ0n) is 16.1. The van der Waals surface area contributed by atoms with Crippen molar-refractivity contribution in [1.29, 1.82) is 0 Å². The number of alkyl halides is 3. The van der Waals surface area contributed by atoms with Crippen molar-refractivity contribution in [2.24, 2.45) is 4.99 Å². The summed E-state index contributed by atoms with van der Waals surface area (Å²) in [6, 6.07) is 10.9. The molecule has 0 fully saturated rings. The molecule has 2 N–H and O–H groups in total. The van der Waals surface area contributed by atoms with Crippen molar-refractivity contribution in [2.45, 2.75) is 29.7 Å². The number of halogens is 3. The van der Waals surface area contributed by atoms with Crippen molar-refractivity contribution < 1.29 is 27.8 Å². The molecule has 0 radical (unpaired) electrons. The van der Waals surface area contributed by atoms with E-state index in [9.17, 15) is 28.2 Å². The summed E-state index contributed by atoms with van der Waals surface area (Å²) < 4.78 is 44.8. The van der Waals surface area contributed by atoms with Crippen molar-refractivity contribution in [2.75, 3.05) is 0 Å². The van der Waals surface area contributed by atoms with Crippen LogP contribution in [0.15, 0.2) is 67.6 Å². The summed E-state index contributed by atoms with van der Waals surface area (Å²) in [6.07, 6.45) is -4.44. The third kappa shape index (κ3) is 4.32. The van der Waals surface area contributed by atoms with Gasteiger partial charge in [-0.25, -0.2) is 4.79 Å². The molecule has 1 aromatic heterocycles. The minimum absolute atomic E-state index is 0.0335. The number of nitrogens with zero attached hydrogens (tertiary/aromatic N) is 1. The number of aromatic hydroxyl groups is 2. The standard InChI is InChI=1S/C22H16F3NO4S/c1-11-7-17(28)20(21(29)30-11)16-10-19(12-3-2-4-14(27)8-12)31-18-6-5-13(22(23,24)25)9-15(18)26-16/h2-9,19,27-28H,10H2,1H3/t19-/m1/s1. The Kier molecular flexibility index (Phi) is 5.30. The molecule has 31 heavy (non-hydrogen) atoms. The SMILES string of the molecule is Cc1cc(O)c(C2=Nc3cc(C(F)(F)F)ccc3S[C@@H](c3cccc(O)c3)C2)c(=O)o1. The average Bonchev–Trinajstić information content (AvgIpc) is 2.85. The largest absolute Gasteiger partial charge is 0.508 e. The number of fused-ring (bicyclic) bond motifs is 1. The first-order chi connectivity index (χ1) is 14.6. The summed E-state index contributed by atoms with van der Waals surface area (Å²) in [5.41, 5.74) is -1.05. The van der Waals surface area contributed by atoms with Crippen LogP contribution in [0.1, 0.15) is 34.1 Å². The van der Waals surface area contributed by atoms with Gasteiger partial charge in [-0.3, -0.25) is 4.99 Å². The van der Waals surface area contributed by atoms with Crippen LogP contribution in [0.2, 0.25) is 0 Å². The Morgan fingerprint density at radius 2 is 1.90 bits per heavy atom. The number of benzene rings is 2. The molecule has 1 aliphatic heterocycles. The second kappa shape index (κ2) is 7.81. The maximum Gasteiger partial charge on any atom is 0.416 e. The lowest BCUT2D eigenvalue weighted by Gasteiger charge is -2.16. The Bertz CT molecular complexity index is 1250. The quantitative estimate of drug-likeness (QED) is 0.524. The second-order valence-corrected chi connectivity index (χ2v) is 8.29. The Labute approximate surface area is 178 Å². The van der Waals surface area contributed by atoms with Crippen molar-refractivity contribution in [1.82, 2.24) is 0 Å². The maximum absolute atomic E-state index is 13.3. The zero-order chi connectivity index (χ0) is 22.3. The van der Waals surface area contributed by atoms with E-state index in [0.29, 0.717) is 10.5 Å². The molecule has 2 heterocycles. The van der Waals surface area contributed by atoms with E-state index in [0.717, 1.165) is 12.1 Å². The van der Waals surface area contributed by atoms with Crippen LogP contribution < -0.4 is 5.63 Å². The van der Waals surface area contributed by atoms with Crippen LogP contribution in [-0.2, 0) is 6.18 Å². The summed E-state index contributed by atoms with van der Waals surface area (Å²) in [5.74, 6) is -0.132. The van der Waals surface area contributed by atoms with Crippen LogP contribution in [0.5, 0.6) is 11.5 Å². The highest BCUT2D eigenvalue weighted by Crippen LogP contribution is 2.47. The van der Waals surface area contributed by atoms with E-state index in [-0.39, 0.29) is 45.9 Å². The van der Waals surface area contributed by atoms with Gasteiger partial charge in [0, 0.05) is 22.6 Å². The Morgan fingerprint density at radius 1 is 1.13 bits per heavy atom. The van der Waals surface area contributed by atoms with Gasteiger partial charge in [-0.15, -0.1) is 11.8 Å². The molecule has 3 aromatic rings. The highest BCUT2D eigenvalue weighted by molar-refractivity contribution is 7.99. The van der Waals surface area contributed by atoms with Gasteiger partial charge in [0.25, 0.3) is 0 Å². The Balaban J connectivity index is 1.92. The molecule has 0 unspecified atom stereocenters. The number of thioether (sulfide) groups is 1. The van der Waals surface area contributed by atoms with Crippen LogP contribution in [0.3, 0.4) is 0 Å². The van der Waals surface area contributed by atoms with Gasteiger partial charge in [-0.2, -0.15) is 13.2 Å². The number of aryl methyl sites for hydroxylation is 1. The van der Waals surface area contributed by atoms with Crippen LogP contribution >= 0.6 is 11.8 Å². The number of aliphatic imine (C=N–C) groups is 1. The van der Waals surface area contributed by atoms with E-state index in [1.54, 1.807) is 18.2 Å². The third-order valence-corrected chi connectivity index (χ3v) is 6.10. The summed E-state index contributed by atoms with van der Waals surface area (Å²) in [7, 11) is 0. The normalized spacial score (nSPS) is 16.4. The minimum Gasteiger partial charge on any atom is -0.508 e. The van der Waals surface area contributed by atoms with Gasteiger partial charge in [0.15, 0.2) is 0 Å². The smallest absolute Gasteiger partial charge is 0.416 e. The molecular weight excluding hydrogens is 431 g/mol. The molecule has 0 spiro atoms. The third-order valence-electron chi connectivity index (χ3n) is 4.77. The molecular formula is C22H16F3NO4S.